The number of aliphatic hydroxyl groups is 1. The van der Waals surface area contributed by atoms with Crippen LogP contribution in [0.4, 0.5) is 14.6 Å². The second-order valence-corrected chi connectivity index (χ2v) is 11.2. The maximum absolute atomic E-state index is 14.2. The normalized spacial score (nSPS) is 22.3. The van der Waals surface area contributed by atoms with Crippen molar-refractivity contribution in [3.63, 3.8) is 0 Å². The number of nitrogens with zero attached hydrogens (tertiary/aromatic N) is 3. The number of alkyl halides is 2. The van der Waals surface area contributed by atoms with E-state index in [0.29, 0.717) is 6.54 Å². The number of hydrogen-bond donors (Lipinski definition) is 3. The molecule has 0 aromatic carbocycles. The molecule has 2 aliphatic heterocycles. The van der Waals surface area contributed by atoms with E-state index < -0.39 is 35.9 Å². The van der Waals surface area contributed by atoms with Gasteiger partial charge in [0.1, 0.15) is 11.5 Å². The number of rotatable bonds is 6. The summed E-state index contributed by atoms with van der Waals surface area (Å²) in [6.45, 7) is 8.35. The molecule has 36 heavy (non-hydrogen) atoms. The number of amides is 2. The van der Waals surface area contributed by atoms with Crippen molar-refractivity contribution in [1.29, 1.82) is 0 Å². The van der Waals surface area contributed by atoms with Gasteiger partial charge >= 0.3 is 0 Å². The number of hydrogen-bond acceptors (Lipinski definition) is 8. The first-order valence-electron chi connectivity index (χ1n) is 11.9. The maximum atomic E-state index is 14.2. The summed E-state index contributed by atoms with van der Waals surface area (Å²) in [4.78, 5) is 36.9. The van der Waals surface area contributed by atoms with Crippen LogP contribution in [-0.4, -0.2) is 75.3 Å². The summed E-state index contributed by atoms with van der Waals surface area (Å²) in [6.07, 6.45) is -0.755. The number of aromatic nitrogens is 2. The molecular formula is C24H31F2N5O4S. The lowest BCUT2D eigenvalue weighted by molar-refractivity contribution is 0.0742. The van der Waals surface area contributed by atoms with Gasteiger partial charge in [0.2, 0.25) is 0 Å². The highest BCUT2D eigenvalue weighted by Crippen LogP contribution is 2.39. The van der Waals surface area contributed by atoms with Gasteiger partial charge in [-0.15, -0.1) is 11.3 Å². The molecule has 2 amide bonds. The largest absolute Gasteiger partial charge is 0.388 e. The Morgan fingerprint density at radius 1 is 1.31 bits per heavy atom. The molecule has 2 aromatic heterocycles. The highest BCUT2D eigenvalue weighted by molar-refractivity contribution is 7.17. The van der Waals surface area contributed by atoms with Gasteiger partial charge in [-0.3, -0.25) is 9.59 Å². The Morgan fingerprint density at radius 3 is 2.64 bits per heavy atom. The van der Waals surface area contributed by atoms with Crippen molar-refractivity contribution in [2.45, 2.75) is 70.7 Å². The number of halogens is 2. The molecule has 12 heteroatoms. The number of likely N-dealkylation sites (tertiary alicyclic amines) is 1. The second kappa shape index (κ2) is 10.3. The highest BCUT2D eigenvalue weighted by atomic mass is 32.1. The SMILES string of the molecule is C[C@H]1CCCN1C(=O)c1nc(C(=O)NC2COC[C@H]2O)sc1-c1cnc(NC(C)(C)C)cc1C(F)F. The van der Waals surface area contributed by atoms with Gasteiger partial charge in [-0.2, -0.15) is 0 Å². The Bertz CT molecular complexity index is 1140. The van der Waals surface area contributed by atoms with Gasteiger partial charge < -0.3 is 25.4 Å². The minimum atomic E-state index is -2.85. The maximum Gasteiger partial charge on any atom is 0.280 e. The Labute approximate surface area is 212 Å². The van der Waals surface area contributed by atoms with E-state index in [2.05, 4.69) is 20.6 Å². The molecule has 196 valence electrons. The lowest BCUT2D eigenvalue weighted by atomic mass is 10.1. The molecule has 2 fully saturated rings. The number of ether oxygens (including phenoxy) is 1. The highest BCUT2D eigenvalue weighted by Gasteiger charge is 2.34. The Morgan fingerprint density at radius 2 is 2.06 bits per heavy atom. The molecular weight excluding hydrogens is 492 g/mol. The molecule has 2 aliphatic rings. The Hall–Kier alpha value is -2.70. The van der Waals surface area contributed by atoms with Crippen molar-refractivity contribution < 1.29 is 28.2 Å². The van der Waals surface area contributed by atoms with Crippen LogP contribution in [0.3, 0.4) is 0 Å². The van der Waals surface area contributed by atoms with Gasteiger partial charge in [-0.25, -0.2) is 18.7 Å². The van der Waals surface area contributed by atoms with Crippen molar-refractivity contribution in [3.05, 3.63) is 28.5 Å². The third kappa shape index (κ3) is 5.65. The van der Waals surface area contributed by atoms with Gasteiger partial charge in [-0.05, 0) is 46.6 Å². The monoisotopic (exact) mass is 523 g/mol. The number of anilines is 1. The number of nitrogens with one attached hydrogen (secondary N) is 2. The molecule has 0 radical (unpaired) electrons. The van der Waals surface area contributed by atoms with Crippen LogP contribution in [0.25, 0.3) is 10.4 Å². The molecule has 2 aromatic rings. The standard InChI is InChI=1S/C24H31F2N5O4S/c1-12-6-5-7-31(12)23(34)18-19(36-22(29-18)21(33)28-15-10-35-11-16(15)32)14-9-27-17(30-24(2,3)4)8-13(14)20(25)26/h8-9,12,15-16,20,32H,5-7,10-11H2,1-4H3,(H,27,30)(H,28,33)/t12-,15?,16+/m0/s1. The van der Waals surface area contributed by atoms with Crippen LogP contribution in [0, 0.1) is 0 Å². The number of thiazole rings is 1. The van der Waals surface area contributed by atoms with E-state index >= 15 is 0 Å². The predicted octanol–water partition coefficient (Wildman–Crippen LogP) is 3.47. The molecule has 0 saturated carbocycles. The molecule has 0 spiro atoms. The van der Waals surface area contributed by atoms with Crippen LogP contribution in [0.15, 0.2) is 12.3 Å². The van der Waals surface area contributed by atoms with Crippen LogP contribution in [0.2, 0.25) is 0 Å². The third-order valence-corrected chi connectivity index (χ3v) is 7.21. The van der Waals surface area contributed by atoms with Crippen molar-refractivity contribution in [3.8, 4) is 10.4 Å². The van der Waals surface area contributed by atoms with Gasteiger partial charge in [0, 0.05) is 35.4 Å². The molecule has 1 unspecified atom stereocenters. The van der Waals surface area contributed by atoms with Crippen LogP contribution in [0.1, 0.15) is 72.8 Å². The topological polar surface area (TPSA) is 117 Å². The van der Waals surface area contributed by atoms with Crippen LogP contribution in [0.5, 0.6) is 0 Å². The average Bonchev–Trinajstić information content (AvgIpc) is 3.52. The lowest BCUT2D eigenvalue weighted by Gasteiger charge is -2.23. The van der Waals surface area contributed by atoms with Gasteiger partial charge in [0.25, 0.3) is 18.2 Å². The first-order chi connectivity index (χ1) is 16.9. The fourth-order valence-electron chi connectivity index (χ4n) is 4.32. The van der Waals surface area contributed by atoms with E-state index in [1.807, 2.05) is 27.7 Å². The fourth-order valence-corrected chi connectivity index (χ4v) is 5.31. The minimum absolute atomic E-state index is 0.0267. The van der Waals surface area contributed by atoms with Crippen LogP contribution < -0.4 is 10.6 Å². The van der Waals surface area contributed by atoms with E-state index in [-0.39, 0.29) is 51.8 Å². The molecule has 0 bridgehead atoms. The van der Waals surface area contributed by atoms with Gasteiger partial charge in [0.05, 0.1) is 30.2 Å². The van der Waals surface area contributed by atoms with E-state index in [9.17, 15) is 23.5 Å². The number of aliphatic hydroxyl groups excluding tert-OH is 1. The summed E-state index contributed by atoms with van der Waals surface area (Å²) < 4.78 is 33.6. The smallest absolute Gasteiger partial charge is 0.280 e. The average molecular weight is 524 g/mol. The molecule has 2 saturated heterocycles. The van der Waals surface area contributed by atoms with E-state index in [0.717, 1.165) is 24.2 Å². The van der Waals surface area contributed by atoms with E-state index in [1.54, 1.807) is 4.90 Å². The summed E-state index contributed by atoms with van der Waals surface area (Å²) in [5, 5.41) is 15.7. The van der Waals surface area contributed by atoms with E-state index in [1.165, 1.54) is 12.3 Å². The predicted molar refractivity (Wildman–Crippen MR) is 131 cm³/mol. The molecule has 3 N–H and O–H groups in total. The lowest BCUT2D eigenvalue weighted by Crippen LogP contribution is -2.42. The summed E-state index contributed by atoms with van der Waals surface area (Å²) >= 11 is 0.857. The first kappa shape index (κ1) is 26.4. The first-order valence-corrected chi connectivity index (χ1v) is 12.7. The number of pyridine rings is 1. The van der Waals surface area contributed by atoms with Crippen LogP contribution >= 0.6 is 11.3 Å². The van der Waals surface area contributed by atoms with Crippen molar-refractivity contribution in [2.24, 2.45) is 0 Å². The summed E-state index contributed by atoms with van der Waals surface area (Å²) in [6, 6.07) is 0.619. The molecule has 9 nitrogen and oxygen atoms in total. The molecule has 4 heterocycles. The van der Waals surface area contributed by atoms with Gasteiger partial charge in [-0.1, -0.05) is 0 Å². The second-order valence-electron chi connectivity index (χ2n) is 10.2. The van der Waals surface area contributed by atoms with Crippen molar-refractivity contribution in [1.82, 2.24) is 20.2 Å². The minimum Gasteiger partial charge on any atom is -0.388 e. The van der Waals surface area contributed by atoms with Crippen molar-refractivity contribution >= 4 is 29.0 Å². The van der Waals surface area contributed by atoms with Gasteiger partial charge in [0.15, 0.2) is 5.01 Å². The molecule has 4 rings (SSSR count). The van der Waals surface area contributed by atoms with Crippen LogP contribution in [-0.2, 0) is 4.74 Å². The summed E-state index contributed by atoms with van der Waals surface area (Å²) in [5.41, 5.74) is -0.705. The quantitative estimate of drug-likeness (QED) is 0.531. The Balaban J connectivity index is 1.76. The number of carbonyl (C=O) groups excluding carboxylic acids is 2. The molecule has 3 atom stereocenters. The fraction of sp³-hybridized carbons (Fsp3) is 0.583. The summed E-state index contributed by atoms with van der Waals surface area (Å²) in [5.74, 6) is -0.742. The van der Waals surface area contributed by atoms with E-state index in [4.69, 9.17) is 4.74 Å². The Kier molecular flexibility index (Phi) is 7.58. The summed E-state index contributed by atoms with van der Waals surface area (Å²) in [7, 11) is 0. The third-order valence-electron chi connectivity index (χ3n) is 6.12. The zero-order valence-electron chi connectivity index (χ0n) is 20.7. The molecule has 0 aliphatic carbocycles. The zero-order chi connectivity index (χ0) is 26.2. The van der Waals surface area contributed by atoms with Crippen molar-refractivity contribution in [2.75, 3.05) is 25.1 Å². The zero-order valence-corrected chi connectivity index (χ0v) is 21.5. The number of carbonyl (C=O) groups is 2.